The number of carboxylic acids is 1. The monoisotopic (exact) mass is 312 g/mol. The van der Waals surface area contributed by atoms with E-state index in [0.29, 0.717) is 11.1 Å². The van der Waals surface area contributed by atoms with Gasteiger partial charge in [0.1, 0.15) is 0 Å². The zero-order valence-electron chi connectivity index (χ0n) is 11.4. The summed E-state index contributed by atoms with van der Waals surface area (Å²) in [6.07, 6.45) is 2.34. The number of nitrogens with two attached hydrogens (primary N) is 1. The smallest absolute Gasteiger partial charge is 0.328 e. The van der Waals surface area contributed by atoms with Crippen LogP contribution in [0.1, 0.15) is 21.5 Å². The van der Waals surface area contributed by atoms with E-state index in [-0.39, 0.29) is 12.3 Å². The Balaban J connectivity index is 2.82. The predicted octanol–water partition coefficient (Wildman–Crippen LogP) is 0.111. The minimum Gasteiger partial charge on any atom is -0.478 e. The van der Waals surface area contributed by atoms with E-state index in [9.17, 15) is 18.0 Å². The molecule has 4 N–H and O–H groups in total. The molecular weight excluding hydrogens is 296 g/mol. The molecule has 0 bridgehead atoms. The van der Waals surface area contributed by atoms with Crippen LogP contribution in [-0.2, 0) is 14.8 Å². The number of hydrogen-bond donors (Lipinski definition) is 3. The fourth-order valence-corrected chi connectivity index (χ4v) is 2.00. The van der Waals surface area contributed by atoms with Gasteiger partial charge in [-0.25, -0.2) is 18.4 Å². The first kappa shape index (κ1) is 16.9. The Morgan fingerprint density at radius 3 is 2.57 bits per heavy atom. The van der Waals surface area contributed by atoms with Crippen LogP contribution in [-0.4, -0.2) is 37.7 Å². The summed E-state index contributed by atoms with van der Waals surface area (Å²) in [5.41, 5.74) is 1.66. The van der Waals surface area contributed by atoms with Gasteiger partial charge < -0.3 is 10.4 Å². The summed E-state index contributed by atoms with van der Waals surface area (Å²) >= 11 is 0. The lowest BCUT2D eigenvalue weighted by atomic mass is 10.1. The van der Waals surface area contributed by atoms with Gasteiger partial charge in [-0.2, -0.15) is 0 Å². The third-order valence-corrected chi connectivity index (χ3v) is 3.23. The van der Waals surface area contributed by atoms with Crippen molar-refractivity contribution in [2.24, 2.45) is 5.14 Å². The van der Waals surface area contributed by atoms with E-state index in [1.807, 2.05) is 0 Å². The Bertz CT molecular complexity index is 680. The van der Waals surface area contributed by atoms with E-state index in [2.05, 4.69) is 5.32 Å². The SMILES string of the molecule is Cc1cc(/C=C/C(=O)O)cc(C(=O)NCCS(N)(=O)=O)c1. The standard InChI is InChI=1S/C13H16N2O5S/c1-9-6-10(2-3-12(16)17)8-11(7-9)13(18)15-4-5-21(14,19)20/h2-3,6-8H,4-5H2,1H3,(H,15,18)(H,16,17)(H2,14,19,20)/b3-2+. The van der Waals surface area contributed by atoms with E-state index in [1.165, 1.54) is 12.1 Å². The number of amides is 1. The van der Waals surface area contributed by atoms with Gasteiger partial charge in [-0.1, -0.05) is 6.07 Å². The van der Waals surface area contributed by atoms with Gasteiger partial charge in [0.15, 0.2) is 0 Å². The highest BCUT2D eigenvalue weighted by Gasteiger charge is 2.09. The van der Waals surface area contributed by atoms with E-state index >= 15 is 0 Å². The van der Waals surface area contributed by atoms with E-state index in [1.54, 1.807) is 19.1 Å². The molecule has 0 radical (unpaired) electrons. The molecule has 0 heterocycles. The van der Waals surface area contributed by atoms with Crippen LogP contribution in [0, 0.1) is 6.92 Å². The van der Waals surface area contributed by atoms with Crippen LogP contribution in [0.5, 0.6) is 0 Å². The van der Waals surface area contributed by atoms with Crippen molar-refractivity contribution < 1.29 is 23.1 Å². The minimum atomic E-state index is -3.63. The number of aryl methyl sites for hydroxylation is 1. The van der Waals surface area contributed by atoms with E-state index < -0.39 is 21.9 Å². The van der Waals surface area contributed by atoms with Crippen LogP contribution in [0.3, 0.4) is 0 Å². The summed E-state index contributed by atoms with van der Waals surface area (Å²) in [6, 6.07) is 4.85. The highest BCUT2D eigenvalue weighted by atomic mass is 32.2. The fraction of sp³-hybridized carbons (Fsp3) is 0.231. The van der Waals surface area contributed by atoms with Crippen molar-refractivity contribution in [1.29, 1.82) is 0 Å². The molecule has 0 unspecified atom stereocenters. The summed E-state index contributed by atoms with van der Waals surface area (Å²) in [6.45, 7) is 1.67. The van der Waals surface area contributed by atoms with Crippen molar-refractivity contribution in [3.8, 4) is 0 Å². The summed E-state index contributed by atoms with van der Waals surface area (Å²) in [5.74, 6) is -1.89. The number of primary sulfonamides is 1. The largest absolute Gasteiger partial charge is 0.478 e. The highest BCUT2D eigenvalue weighted by Crippen LogP contribution is 2.11. The summed E-state index contributed by atoms with van der Waals surface area (Å²) in [7, 11) is -3.63. The second kappa shape index (κ2) is 7.00. The van der Waals surface area contributed by atoms with Gasteiger partial charge in [-0.15, -0.1) is 0 Å². The molecule has 7 nitrogen and oxygen atoms in total. The zero-order chi connectivity index (χ0) is 16.0. The summed E-state index contributed by atoms with van der Waals surface area (Å²) < 4.78 is 21.5. The number of nitrogens with one attached hydrogen (secondary N) is 1. The second-order valence-corrected chi connectivity index (χ2v) is 6.16. The third-order valence-electron chi connectivity index (χ3n) is 2.45. The lowest BCUT2D eigenvalue weighted by Crippen LogP contribution is -2.31. The molecular formula is C13H16N2O5S. The molecule has 114 valence electrons. The maximum atomic E-state index is 11.9. The molecule has 0 saturated carbocycles. The van der Waals surface area contributed by atoms with Gasteiger partial charge in [0, 0.05) is 18.2 Å². The number of rotatable bonds is 6. The number of carboxylic acid groups (broad SMARTS) is 1. The van der Waals surface area contributed by atoms with Gasteiger partial charge in [0.2, 0.25) is 10.0 Å². The lowest BCUT2D eigenvalue weighted by Gasteiger charge is -2.06. The topological polar surface area (TPSA) is 127 Å². The molecule has 0 aliphatic rings. The van der Waals surface area contributed by atoms with Crippen molar-refractivity contribution >= 4 is 28.0 Å². The normalized spacial score (nSPS) is 11.5. The molecule has 0 fully saturated rings. The molecule has 0 atom stereocenters. The van der Waals surface area contributed by atoms with Crippen molar-refractivity contribution in [2.45, 2.75) is 6.92 Å². The second-order valence-electron chi connectivity index (χ2n) is 4.43. The number of benzene rings is 1. The Labute approximate surface area is 122 Å². The highest BCUT2D eigenvalue weighted by molar-refractivity contribution is 7.89. The fourth-order valence-electron chi connectivity index (χ4n) is 1.62. The van der Waals surface area contributed by atoms with Crippen molar-refractivity contribution in [3.05, 3.63) is 41.0 Å². The molecule has 0 spiro atoms. The van der Waals surface area contributed by atoms with Crippen LogP contribution < -0.4 is 10.5 Å². The number of hydrogen-bond acceptors (Lipinski definition) is 4. The first-order chi connectivity index (χ1) is 9.67. The number of carbonyl (C=O) groups is 2. The molecule has 1 aromatic rings. The van der Waals surface area contributed by atoms with Crippen molar-refractivity contribution in [1.82, 2.24) is 5.32 Å². The zero-order valence-corrected chi connectivity index (χ0v) is 12.2. The van der Waals surface area contributed by atoms with Gasteiger partial charge in [-0.3, -0.25) is 4.79 Å². The van der Waals surface area contributed by atoms with Crippen LogP contribution in [0.15, 0.2) is 24.3 Å². The molecule has 0 aliphatic carbocycles. The number of sulfonamides is 1. The average molecular weight is 312 g/mol. The van der Waals surface area contributed by atoms with Crippen molar-refractivity contribution in [2.75, 3.05) is 12.3 Å². The van der Waals surface area contributed by atoms with E-state index in [0.717, 1.165) is 11.6 Å². The summed E-state index contributed by atoms with van der Waals surface area (Å²) in [5, 5.41) is 15.8. The third kappa shape index (κ3) is 6.68. The predicted molar refractivity (Wildman–Crippen MR) is 78.2 cm³/mol. The van der Waals surface area contributed by atoms with E-state index in [4.69, 9.17) is 10.2 Å². The Morgan fingerprint density at radius 1 is 1.33 bits per heavy atom. The first-order valence-corrected chi connectivity index (χ1v) is 7.70. The molecule has 1 amide bonds. The first-order valence-electron chi connectivity index (χ1n) is 5.99. The van der Waals surface area contributed by atoms with Crippen LogP contribution >= 0.6 is 0 Å². The number of aliphatic carboxylic acids is 1. The van der Waals surface area contributed by atoms with Crippen LogP contribution in [0.4, 0.5) is 0 Å². The summed E-state index contributed by atoms with van der Waals surface area (Å²) in [4.78, 5) is 22.4. The number of carbonyl (C=O) groups excluding carboxylic acids is 1. The van der Waals surface area contributed by atoms with Gasteiger partial charge in [-0.05, 0) is 36.3 Å². The average Bonchev–Trinajstić information content (AvgIpc) is 2.34. The minimum absolute atomic E-state index is 0.0914. The molecule has 1 aromatic carbocycles. The Hall–Kier alpha value is -2.19. The Kier molecular flexibility index (Phi) is 5.62. The molecule has 1 rings (SSSR count). The maximum absolute atomic E-state index is 11.9. The van der Waals surface area contributed by atoms with Crippen molar-refractivity contribution in [3.63, 3.8) is 0 Å². The molecule has 8 heteroatoms. The maximum Gasteiger partial charge on any atom is 0.328 e. The Morgan fingerprint density at radius 2 is 2.00 bits per heavy atom. The lowest BCUT2D eigenvalue weighted by molar-refractivity contribution is -0.131. The molecule has 0 aliphatic heterocycles. The van der Waals surface area contributed by atoms with Crippen LogP contribution in [0.2, 0.25) is 0 Å². The van der Waals surface area contributed by atoms with Gasteiger partial charge in [0.05, 0.1) is 5.75 Å². The van der Waals surface area contributed by atoms with Gasteiger partial charge >= 0.3 is 5.97 Å². The van der Waals surface area contributed by atoms with Gasteiger partial charge in [0.25, 0.3) is 5.91 Å². The quantitative estimate of drug-likeness (QED) is 0.643. The molecule has 0 aromatic heterocycles. The van der Waals surface area contributed by atoms with Crippen LogP contribution in [0.25, 0.3) is 6.08 Å². The molecule has 0 saturated heterocycles. The molecule has 21 heavy (non-hydrogen) atoms.